The molecule has 1 aliphatic carbocycles. The van der Waals surface area contributed by atoms with Crippen LogP contribution in [-0.4, -0.2) is 16.8 Å². The SMILES string of the molecule is CC(C)C1CCC(C(=O)C=[N+]=[N-])CC1. The van der Waals surface area contributed by atoms with Crippen LogP contribution in [0.4, 0.5) is 0 Å². The molecule has 0 amide bonds. The molecule has 0 aromatic rings. The molecular weight excluding hydrogens is 176 g/mol. The third kappa shape index (κ3) is 2.78. The Kier molecular flexibility index (Phi) is 4.02. The monoisotopic (exact) mass is 194 g/mol. The molecule has 0 radical (unpaired) electrons. The van der Waals surface area contributed by atoms with E-state index in [-0.39, 0.29) is 11.7 Å². The second-order valence-corrected chi connectivity index (χ2v) is 4.50. The van der Waals surface area contributed by atoms with Crippen LogP contribution in [0.15, 0.2) is 0 Å². The van der Waals surface area contributed by atoms with Crippen LogP contribution in [0, 0.1) is 17.8 Å². The Labute approximate surface area is 85.1 Å². The van der Waals surface area contributed by atoms with Crippen molar-refractivity contribution in [1.29, 1.82) is 0 Å². The Balaban J connectivity index is 2.43. The van der Waals surface area contributed by atoms with E-state index in [1.165, 1.54) is 0 Å². The average molecular weight is 194 g/mol. The summed E-state index contributed by atoms with van der Waals surface area (Å²) in [7, 11) is 0. The van der Waals surface area contributed by atoms with Gasteiger partial charge in [0, 0.05) is 5.92 Å². The van der Waals surface area contributed by atoms with E-state index in [0.717, 1.165) is 43.7 Å². The third-order valence-electron chi connectivity index (χ3n) is 3.30. The summed E-state index contributed by atoms with van der Waals surface area (Å²) in [4.78, 5) is 14.2. The molecule has 3 heteroatoms. The van der Waals surface area contributed by atoms with Crippen LogP contribution in [0.3, 0.4) is 0 Å². The van der Waals surface area contributed by atoms with Gasteiger partial charge in [0.15, 0.2) is 0 Å². The second-order valence-electron chi connectivity index (χ2n) is 4.50. The number of carbonyl (C=O) groups excluding carboxylic acids is 1. The first-order chi connectivity index (χ1) is 6.65. The van der Waals surface area contributed by atoms with E-state index in [2.05, 4.69) is 18.6 Å². The van der Waals surface area contributed by atoms with E-state index < -0.39 is 0 Å². The zero-order valence-corrected chi connectivity index (χ0v) is 8.94. The fourth-order valence-corrected chi connectivity index (χ4v) is 2.23. The van der Waals surface area contributed by atoms with Crippen LogP contribution in [0.2, 0.25) is 0 Å². The number of carbonyl (C=O) groups is 1. The Morgan fingerprint density at radius 3 is 2.36 bits per heavy atom. The standard InChI is InChI=1S/C11H18N2O/c1-8(2)9-3-5-10(6-4-9)11(14)7-13-12/h7-10H,3-6H2,1-2H3. The van der Waals surface area contributed by atoms with Crippen molar-refractivity contribution in [1.82, 2.24) is 0 Å². The molecule has 0 unspecified atom stereocenters. The number of hydrogen-bond donors (Lipinski definition) is 0. The summed E-state index contributed by atoms with van der Waals surface area (Å²) in [6.07, 6.45) is 5.21. The molecule has 0 aliphatic heterocycles. The van der Waals surface area contributed by atoms with Gasteiger partial charge in [-0.3, -0.25) is 4.79 Å². The summed E-state index contributed by atoms with van der Waals surface area (Å²) >= 11 is 0. The molecule has 0 spiro atoms. The van der Waals surface area contributed by atoms with Gasteiger partial charge in [0.2, 0.25) is 5.78 Å². The zero-order valence-electron chi connectivity index (χ0n) is 8.94. The van der Waals surface area contributed by atoms with Gasteiger partial charge >= 0.3 is 6.21 Å². The topological polar surface area (TPSA) is 53.5 Å². The minimum absolute atomic E-state index is 0.0188. The van der Waals surface area contributed by atoms with Gasteiger partial charge < -0.3 is 5.53 Å². The first-order valence-electron chi connectivity index (χ1n) is 5.36. The molecule has 1 rings (SSSR count). The third-order valence-corrected chi connectivity index (χ3v) is 3.30. The van der Waals surface area contributed by atoms with Crippen LogP contribution in [0.1, 0.15) is 39.5 Å². The molecule has 1 aliphatic rings. The average Bonchev–Trinajstić information content (AvgIpc) is 2.18. The Bertz CT molecular complexity index is 246. The minimum Gasteiger partial charge on any atom is -0.361 e. The summed E-state index contributed by atoms with van der Waals surface area (Å²) < 4.78 is 0. The molecule has 0 heterocycles. The van der Waals surface area contributed by atoms with E-state index in [1.807, 2.05) is 0 Å². The first-order valence-corrected chi connectivity index (χ1v) is 5.36. The fraction of sp³-hybridized carbons (Fsp3) is 0.818. The second kappa shape index (κ2) is 5.06. The molecule has 0 aromatic heterocycles. The summed E-state index contributed by atoms with van der Waals surface area (Å²) in [6.45, 7) is 4.48. The molecule has 3 nitrogen and oxygen atoms in total. The van der Waals surface area contributed by atoms with Crippen molar-refractivity contribution < 1.29 is 9.58 Å². The van der Waals surface area contributed by atoms with Crippen molar-refractivity contribution in [2.24, 2.45) is 17.8 Å². The van der Waals surface area contributed by atoms with Gasteiger partial charge in [-0.05, 0) is 37.5 Å². The highest BCUT2D eigenvalue weighted by atomic mass is 16.1. The van der Waals surface area contributed by atoms with Crippen molar-refractivity contribution in [2.75, 3.05) is 0 Å². The molecular formula is C11H18N2O. The van der Waals surface area contributed by atoms with Crippen LogP contribution in [0.5, 0.6) is 0 Å². The largest absolute Gasteiger partial charge is 0.361 e. The summed E-state index contributed by atoms with van der Waals surface area (Å²) in [6, 6.07) is 0. The van der Waals surface area contributed by atoms with Crippen molar-refractivity contribution >= 4 is 12.0 Å². The number of Topliss-reactive ketones (excluding diaryl/α,β-unsaturated/α-hetero) is 1. The maximum Gasteiger partial charge on any atom is 0.323 e. The molecule has 0 saturated heterocycles. The van der Waals surface area contributed by atoms with E-state index >= 15 is 0 Å². The van der Waals surface area contributed by atoms with Crippen LogP contribution in [0.25, 0.3) is 5.53 Å². The van der Waals surface area contributed by atoms with Crippen molar-refractivity contribution in [2.45, 2.75) is 39.5 Å². The minimum atomic E-state index is -0.0188. The van der Waals surface area contributed by atoms with Gasteiger partial charge in [-0.25, -0.2) is 0 Å². The van der Waals surface area contributed by atoms with E-state index in [9.17, 15) is 4.79 Å². The molecule has 1 saturated carbocycles. The highest BCUT2D eigenvalue weighted by molar-refractivity contribution is 6.26. The normalized spacial score (nSPS) is 27.1. The predicted octanol–water partition coefficient (Wildman–Crippen LogP) is 2.32. The molecule has 0 atom stereocenters. The van der Waals surface area contributed by atoms with Crippen LogP contribution in [-0.2, 0) is 4.79 Å². The van der Waals surface area contributed by atoms with Gasteiger partial charge in [0.1, 0.15) is 0 Å². The summed E-state index contributed by atoms with van der Waals surface area (Å²) in [5, 5.41) is 0. The summed E-state index contributed by atoms with van der Waals surface area (Å²) in [5.74, 6) is 1.57. The maximum atomic E-state index is 11.4. The molecule has 78 valence electrons. The van der Waals surface area contributed by atoms with E-state index in [4.69, 9.17) is 5.53 Å². The highest BCUT2D eigenvalue weighted by Crippen LogP contribution is 2.33. The lowest BCUT2D eigenvalue weighted by Crippen LogP contribution is -2.24. The van der Waals surface area contributed by atoms with Gasteiger partial charge in [-0.2, -0.15) is 4.79 Å². The van der Waals surface area contributed by atoms with Crippen molar-refractivity contribution in [3.8, 4) is 0 Å². The van der Waals surface area contributed by atoms with Gasteiger partial charge in [0.25, 0.3) is 0 Å². The molecule has 0 N–H and O–H groups in total. The lowest BCUT2D eigenvalue weighted by Gasteiger charge is -2.28. The predicted molar refractivity (Wildman–Crippen MR) is 55.0 cm³/mol. The van der Waals surface area contributed by atoms with E-state index in [0.29, 0.717) is 0 Å². The smallest absolute Gasteiger partial charge is 0.323 e. The van der Waals surface area contributed by atoms with Crippen LogP contribution < -0.4 is 0 Å². The van der Waals surface area contributed by atoms with Gasteiger partial charge in [0.05, 0.1) is 0 Å². The fourth-order valence-electron chi connectivity index (χ4n) is 2.23. The molecule has 0 bridgehead atoms. The Hall–Kier alpha value is -0.950. The lowest BCUT2D eigenvalue weighted by molar-refractivity contribution is -0.120. The number of hydrogen-bond acceptors (Lipinski definition) is 1. The van der Waals surface area contributed by atoms with Gasteiger partial charge in [-0.15, -0.1) is 0 Å². The molecule has 0 aromatic carbocycles. The Morgan fingerprint density at radius 1 is 1.36 bits per heavy atom. The quantitative estimate of drug-likeness (QED) is 0.386. The Morgan fingerprint density at radius 2 is 1.93 bits per heavy atom. The van der Waals surface area contributed by atoms with Gasteiger partial charge in [-0.1, -0.05) is 13.8 Å². The number of nitrogens with zero attached hydrogens (tertiary/aromatic N) is 2. The van der Waals surface area contributed by atoms with Crippen LogP contribution >= 0.6 is 0 Å². The number of ketones is 1. The summed E-state index contributed by atoms with van der Waals surface area (Å²) in [5.41, 5.74) is 8.26. The number of rotatable bonds is 3. The zero-order chi connectivity index (χ0) is 10.6. The highest BCUT2D eigenvalue weighted by Gasteiger charge is 2.28. The van der Waals surface area contributed by atoms with Crippen molar-refractivity contribution in [3.05, 3.63) is 5.53 Å². The lowest BCUT2D eigenvalue weighted by atomic mass is 9.76. The molecule has 14 heavy (non-hydrogen) atoms. The molecule has 1 fully saturated rings. The maximum absolute atomic E-state index is 11.4. The van der Waals surface area contributed by atoms with E-state index in [1.54, 1.807) is 0 Å². The first kappa shape index (κ1) is 11.1. The van der Waals surface area contributed by atoms with Crippen molar-refractivity contribution in [3.63, 3.8) is 0 Å².